The molecule has 4 nitrogen and oxygen atoms in total. The number of aromatic nitrogens is 2. The van der Waals surface area contributed by atoms with Gasteiger partial charge in [-0.15, -0.1) is 0 Å². The summed E-state index contributed by atoms with van der Waals surface area (Å²) in [7, 11) is 0. The minimum atomic E-state index is -0.495. The Bertz CT molecular complexity index is 507. The fraction of sp³-hybridized carbons (Fsp3) is 0.200. The number of ether oxygens (including phenoxy) is 1. The third kappa shape index (κ3) is 1.80. The van der Waals surface area contributed by atoms with E-state index in [2.05, 4.69) is 9.97 Å². The summed E-state index contributed by atoms with van der Waals surface area (Å²) in [4.78, 5) is 18.5. The van der Waals surface area contributed by atoms with Gasteiger partial charge in [0.1, 0.15) is 0 Å². The monoisotopic (exact) mass is 224 g/mol. The van der Waals surface area contributed by atoms with Crippen LogP contribution in [0.3, 0.4) is 0 Å². The molecule has 0 bridgehead atoms. The minimum Gasteiger partial charge on any atom is -0.461 e. The molecular formula is C10H9ClN2O2. The largest absolute Gasteiger partial charge is 0.461 e. The van der Waals surface area contributed by atoms with Gasteiger partial charge in [-0.1, -0.05) is 11.6 Å². The van der Waals surface area contributed by atoms with Gasteiger partial charge in [0.2, 0.25) is 0 Å². The molecule has 0 aromatic carbocycles. The average molecular weight is 225 g/mol. The van der Waals surface area contributed by atoms with Gasteiger partial charge in [-0.3, -0.25) is 0 Å². The quantitative estimate of drug-likeness (QED) is 0.797. The lowest BCUT2D eigenvalue weighted by Crippen LogP contribution is -2.07. The number of hydrogen-bond acceptors (Lipinski definition) is 3. The molecule has 0 amide bonds. The number of nitrogens with one attached hydrogen (secondary N) is 1. The molecule has 2 aromatic heterocycles. The van der Waals surface area contributed by atoms with E-state index in [-0.39, 0.29) is 5.69 Å². The molecule has 0 aliphatic heterocycles. The molecule has 2 rings (SSSR count). The van der Waals surface area contributed by atoms with Crippen LogP contribution < -0.4 is 0 Å². The second kappa shape index (κ2) is 3.90. The third-order valence-electron chi connectivity index (χ3n) is 1.95. The first kappa shape index (κ1) is 9.98. The lowest BCUT2D eigenvalue weighted by atomic mass is 10.3. The summed E-state index contributed by atoms with van der Waals surface area (Å²) < 4.78 is 4.84. The fourth-order valence-corrected chi connectivity index (χ4v) is 1.53. The number of rotatable bonds is 2. The highest BCUT2D eigenvalue weighted by molar-refractivity contribution is 6.33. The fourth-order valence-electron chi connectivity index (χ4n) is 1.30. The van der Waals surface area contributed by atoms with Crippen LogP contribution in [0.25, 0.3) is 11.0 Å². The molecule has 0 radical (unpaired) electrons. The highest BCUT2D eigenvalue weighted by Gasteiger charge is 2.14. The van der Waals surface area contributed by atoms with Crippen LogP contribution >= 0.6 is 11.6 Å². The zero-order valence-electron chi connectivity index (χ0n) is 8.08. The second-order valence-electron chi connectivity index (χ2n) is 2.95. The number of pyridine rings is 1. The summed E-state index contributed by atoms with van der Waals surface area (Å²) in [6, 6.07) is 3.44. The summed E-state index contributed by atoms with van der Waals surface area (Å²) in [6.07, 6.45) is 1.74. The molecule has 1 N–H and O–H groups in total. The lowest BCUT2D eigenvalue weighted by molar-refractivity contribution is 0.0520. The molecule has 0 spiro atoms. The molecule has 0 atom stereocenters. The second-order valence-corrected chi connectivity index (χ2v) is 3.36. The van der Waals surface area contributed by atoms with Crippen LogP contribution in [0.4, 0.5) is 0 Å². The van der Waals surface area contributed by atoms with E-state index in [1.807, 2.05) is 0 Å². The van der Waals surface area contributed by atoms with Gasteiger partial charge in [-0.05, 0) is 19.1 Å². The number of hydrogen-bond donors (Lipinski definition) is 1. The highest BCUT2D eigenvalue weighted by atomic mass is 35.5. The molecule has 0 aliphatic rings. The maximum Gasteiger partial charge on any atom is 0.358 e. The van der Waals surface area contributed by atoms with Crippen molar-refractivity contribution in [2.75, 3.05) is 6.61 Å². The van der Waals surface area contributed by atoms with Crippen LogP contribution in [-0.2, 0) is 4.74 Å². The number of carbonyl (C=O) groups is 1. The van der Waals surface area contributed by atoms with Crippen molar-refractivity contribution < 1.29 is 9.53 Å². The van der Waals surface area contributed by atoms with Crippen LogP contribution in [0.5, 0.6) is 0 Å². The third-order valence-corrected chi connectivity index (χ3v) is 2.24. The minimum absolute atomic E-state index is 0.158. The molecule has 15 heavy (non-hydrogen) atoms. The molecule has 78 valence electrons. The van der Waals surface area contributed by atoms with E-state index in [1.54, 1.807) is 25.3 Å². The molecule has 5 heteroatoms. The van der Waals surface area contributed by atoms with Crippen molar-refractivity contribution in [1.29, 1.82) is 0 Å². The van der Waals surface area contributed by atoms with E-state index >= 15 is 0 Å². The normalized spacial score (nSPS) is 10.5. The predicted molar refractivity (Wildman–Crippen MR) is 57.1 cm³/mol. The van der Waals surface area contributed by atoms with Crippen LogP contribution in [0.2, 0.25) is 5.02 Å². The summed E-state index contributed by atoms with van der Waals surface area (Å²) in [5.74, 6) is -0.495. The zero-order valence-corrected chi connectivity index (χ0v) is 8.84. The van der Waals surface area contributed by atoms with Gasteiger partial charge < -0.3 is 9.72 Å². The van der Waals surface area contributed by atoms with Crippen molar-refractivity contribution in [1.82, 2.24) is 9.97 Å². The average Bonchev–Trinajstić information content (AvgIpc) is 2.63. The van der Waals surface area contributed by atoms with Crippen molar-refractivity contribution in [3.05, 3.63) is 29.0 Å². The topological polar surface area (TPSA) is 55.0 Å². The van der Waals surface area contributed by atoms with Gasteiger partial charge in [0.25, 0.3) is 0 Å². The number of fused-ring (bicyclic) bond motifs is 1. The Morgan fingerprint density at radius 3 is 3.20 bits per heavy atom. The SMILES string of the molecule is CCOC(=O)c1nc2cc[nH]c2cc1Cl. The van der Waals surface area contributed by atoms with E-state index in [1.165, 1.54) is 0 Å². The zero-order chi connectivity index (χ0) is 10.8. The van der Waals surface area contributed by atoms with Crippen molar-refractivity contribution in [2.45, 2.75) is 6.92 Å². The van der Waals surface area contributed by atoms with Crippen LogP contribution in [0.15, 0.2) is 18.3 Å². The van der Waals surface area contributed by atoms with Crippen molar-refractivity contribution in [2.24, 2.45) is 0 Å². The van der Waals surface area contributed by atoms with Crippen molar-refractivity contribution in [3.63, 3.8) is 0 Å². The summed E-state index contributed by atoms with van der Waals surface area (Å²) in [5, 5.41) is 0.295. The standard InChI is InChI=1S/C10H9ClN2O2/c1-2-15-10(14)9-6(11)5-8-7(13-9)3-4-12-8/h3-5,12H,2H2,1H3. The van der Waals surface area contributed by atoms with E-state index in [0.717, 1.165) is 5.52 Å². The van der Waals surface area contributed by atoms with Gasteiger partial charge in [-0.2, -0.15) is 0 Å². The Balaban J connectivity index is 2.50. The number of halogens is 1. The molecule has 0 unspecified atom stereocenters. The van der Waals surface area contributed by atoms with Crippen LogP contribution in [0, 0.1) is 0 Å². The van der Waals surface area contributed by atoms with E-state index in [0.29, 0.717) is 17.1 Å². The van der Waals surface area contributed by atoms with Crippen LogP contribution in [0.1, 0.15) is 17.4 Å². The summed E-state index contributed by atoms with van der Waals surface area (Å²) in [5.41, 5.74) is 1.65. The Kier molecular flexibility index (Phi) is 2.60. The van der Waals surface area contributed by atoms with Crippen molar-refractivity contribution >= 4 is 28.6 Å². The molecule has 0 aliphatic carbocycles. The Labute approximate surface area is 91.2 Å². The first-order valence-electron chi connectivity index (χ1n) is 4.53. The number of nitrogens with zero attached hydrogens (tertiary/aromatic N) is 1. The van der Waals surface area contributed by atoms with Gasteiger partial charge in [0.15, 0.2) is 5.69 Å². The Morgan fingerprint density at radius 1 is 1.67 bits per heavy atom. The summed E-state index contributed by atoms with van der Waals surface area (Å²) >= 11 is 5.91. The lowest BCUT2D eigenvalue weighted by Gasteiger charge is -2.02. The molecule has 0 fully saturated rings. The first-order valence-corrected chi connectivity index (χ1v) is 4.91. The maximum absolute atomic E-state index is 11.5. The van der Waals surface area contributed by atoms with Crippen molar-refractivity contribution in [3.8, 4) is 0 Å². The molecule has 0 saturated heterocycles. The Morgan fingerprint density at radius 2 is 2.47 bits per heavy atom. The van der Waals surface area contributed by atoms with Gasteiger partial charge in [0, 0.05) is 6.20 Å². The first-order chi connectivity index (χ1) is 7.22. The van der Waals surface area contributed by atoms with Crippen LogP contribution in [-0.4, -0.2) is 22.5 Å². The molecule has 2 aromatic rings. The maximum atomic E-state index is 11.5. The van der Waals surface area contributed by atoms with E-state index in [9.17, 15) is 4.79 Å². The summed E-state index contributed by atoms with van der Waals surface area (Å²) in [6.45, 7) is 2.04. The van der Waals surface area contributed by atoms with E-state index < -0.39 is 5.97 Å². The van der Waals surface area contributed by atoms with E-state index in [4.69, 9.17) is 16.3 Å². The number of H-pyrrole nitrogens is 1. The highest BCUT2D eigenvalue weighted by Crippen LogP contribution is 2.20. The number of esters is 1. The number of aromatic amines is 1. The molecule has 2 heterocycles. The smallest absolute Gasteiger partial charge is 0.358 e. The number of carbonyl (C=O) groups excluding carboxylic acids is 1. The van der Waals surface area contributed by atoms with Gasteiger partial charge in [-0.25, -0.2) is 9.78 Å². The Hall–Kier alpha value is -1.55. The molecule has 0 saturated carbocycles. The van der Waals surface area contributed by atoms with Gasteiger partial charge >= 0.3 is 5.97 Å². The molecular weight excluding hydrogens is 216 g/mol. The predicted octanol–water partition coefficient (Wildman–Crippen LogP) is 2.39. The van der Waals surface area contributed by atoms with Gasteiger partial charge in [0.05, 0.1) is 22.7 Å².